The van der Waals surface area contributed by atoms with Crippen LogP contribution in [0.2, 0.25) is 0 Å². The summed E-state index contributed by atoms with van der Waals surface area (Å²) in [6.45, 7) is 1.44. The number of rotatable bonds is 4. The third-order valence-corrected chi connectivity index (χ3v) is 2.25. The number of hydrogen-bond donors (Lipinski definition) is 0. The molecular formula is C12H14O4. The largest absolute Gasteiger partial charge is 0.496 e. The molecule has 4 heteroatoms. The minimum atomic E-state index is -0.379. The summed E-state index contributed by atoms with van der Waals surface area (Å²) < 4.78 is 9.66. The molecule has 0 aliphatic carbocycles. The van der Waals surface area contributed by atoms with E-state index >= 15 is 0 Å². The molecule has 1 aromatic rings. The fourth-order valence-electron chi connectivity index (χ4n) is 1.52. The molecule has 1 aromatic carbocycles. The molecule has 16 heavy (non-hydrogen) atoms. The Morgan fingerprint density at radius 2 is 1.94 bits per heavy atom. The van der Waals surface area contributed by atoms with E-state index in [4.69, 9.17) is 4.74 Å². The Hall–Kier alpha value is -1.84. The number of esters is 1. The molecule has 0 atom stereocenters. The molecule has 0 N–H and O–H groups in total. The summed E-state index contributed by atoms with van der Waals surface area (Å²) in [6.07, 6.45) is 0.0720. The first-order valence-corrected chi connectivity index (χ1v) is 4.83. The van der Waals surface area contributed by atoms with Crippen molar-refractivity contribution in [3.05, 3.63) is 29.3 Å². The molecule has 0 fully saturated rings. The Morgan fingerprint density at radius 3 is 2.44 bits per heavy atom. The van der Waals surface area contributed by atoms with Gasteiger partial charge in [0.2, 0.25) is 0 Å². The first kappa shape index (κ1) is 12.2. The smallest absolute Gasteiger partial charge is 0.310 e. The van der Waals surface area contributed by atoms with Gasteiger partial charge in [-0.3, -0.25) is 9.59 Å². The van der Waals surface area contributed by atoms with Gasteiger partial charge in [-0.1, -0.05) is 12.1 Å². The molecule has 0 amide bonds. The molecular weight excluding hydrogens is 208 g/mol. The maximum absolute atomic E-state index is 11.5. The average molecular weight is 222 g/mol. The molecule has 0 heterocycles. The minimum Gasteiger partial charge on any atom is -0.496 e. The van der Waals surface area contributed by atoms with Crippen LogP contribution in [0.15, 0.2) is 18.2 Å². The number of hydrogen-bond acceptors (Lipinski definition) is 4. The monoisotopic (exact) mass is 222 g/mol. The lowest BCUT2D eigenvalue weighted by atomic mass is 10.0. The summed E-state index contributed by atoms with van der Waals surface area (Å²) >= 11 is 0. The Kier molecular flexibility index (Phi) is 4.05. The second kappa shape index (κ2) is 5.30. The molecule has 0 saturated carbocycles. The molecule has 0 unspecified atom stereocenters. The van der Waals surface area contributed by atoms with Gasteiger partial charge in [0.15, 0.2) is 5.78 Å². The van der Waals surface area contributed by atoms with Gasteiger partial charge in [0.05, 0.1) is 26.2 Å². The SMILES string of the molecule is COC(=O)Cc1cccc(OC)c1C(C)=O. The van der Waals surface area contributed by atoms with Crippen LogP contribution in [-0.2, 0) is 16.0 Å². The van der Waals surface area contributed by atoms with Gasteiger partial charge in [0.25, 0.3) is 0 Å². The van der Waals surface area contributed by atoms with Crippen molar-refractivity contribution in [1.82, 2.24) is 0 Å². The fourth-order valence-corrected chi connectivity index (χ4v) is 1.52. The normalized spacial score (nSPS) is 9.69. The van der Waals surface area contributed by atoms with Gasteiger partial charge >= 0.3 is 5.97 Å². The van der Waals surface area contributed by atoms with E-state index in [9.17, 15) is 9.59 Å². The van der Waals surface area contributed by atoms with Crippen LogP contribution in [0.1, 0.15) is 22.8 Å². The average Bonchev–Trinajstić information content (AvgIpc) is 2.28. The van der Waals surface area contributed by atoms with Crippen LogP contribution in [0.5, 0.6) is 5.75 Å². The third-order valence-electron chi connectivity index (χ3n) is 2.25. The summed E-state index contributed by atoms with van der Waals surface area (Å²) in [7, 11) is 2.81. The van der Waals surface area contributed by atoms with E-state index in [-0.39, 0.29) is 18.2 Å². The van der Waals surface area contributed by atoms with Crippen molar-refractivity contribution in [2.45, 2.75) is 13.3 Å². The summed E-state index contributed by atoms with van der Waals surface area (Å²) in [5, 5.41) is 0. The number of ether oxygens (including phenoxy) is 2. The van der Waals surface area contributed by atoms with Crippen molar-refractivity contribution in [3.8, 4) is 5.75 Å². The van der Waals surface area contributed by atoms with Crippen LogP contribution in [0.4, 0.5) is 0 Å². The number of carbonyl (C=O) groups excluding carboxylic acids is 2. The predicted octanol–water partition coefficient (Wildman–Crippen LogP) is 1.61. The first-order chi connectivity index (χ1) is 7.60. The van der Waals surface area contributed by atoms with E-state index in [1.165, 1.54) is 21.1 Å². The quantitative estimate of drug-likeness (QED) is 0.573. The van der Waals surface area contributed by atoms with Crippen LogP contribution >= 0.6 is 0 Å². The molecule has 0 aliphatic rings. The van der Waals surface area contributed by atoms with Crippen molar-refractivity contribution in [2.24, 2.45) is 0 Å². The lowest BCUT2D eigenvalue weighted by molar-refractivity contribution is -0.139. The zero-order valence-corrected chi connectivity index (χ0v) is 9.57. The Morgan fingerprint density at radius 1 is 1.25 bits per heavy atom. The highest BCUT2D eigenvalue weighted by Gasteiger charge is 2.15. The maximum atomic E-state index is 11.5. The van der Waals surface area contributed by atoms with E-state index in [0.29, 0.717) is 16.9 Å². The second-order valence-electron chi connectivity index (χ2n) is 3.30. The number of carbonyl (C=O) groups is 2. The van der Waals surface area contributed by atoms with Crippen molar-refractivity contribution in [1.29, 1.82) is 0 Å². The Balaban J connectivity index is 3.17. The Bertz CT molecular complexity index is 409. The topological polar surface area (TPSA) is 52.6 Å². The third kappa shape index (κ3) is 2.59. The molecule has 0 bridgehead atoms. The van der Waals surface area contributed by atoms with Crippen LogP contribution in [0.3, 0.4) is 0 Å². The van der Waals surface area contributed by atoms with Crippen LogP contribution in [0, 0.1) is 0 Å². The van der Waals surface area contributed by atoms with Gasteiger partial charge in [0, 0.05) is 0 Å². The molecule has 1 rings (SSSR count). The summed E-state index contributed by atoms with van der Waals surface area (Å²) in [5.41, 5.74) is 1.06. The standard InChI is InChI=1S/C12H14O4/c1-8(13)12-9(7-11(14)16-3)5-4-6-10(12)15-2/h4-6H,7H2,1-3H3. The molecule has 0 saturated heterocycles. The zero-order chi connectivity index (χ0) is 12.1. The van der Waals surface area contributed by atoms with Crippen LogP contribution < -0.4 is 4.74 Å². The molecule has 0 radical (unpaired) electrons. The highest BCUT2D eigenvalue weighted by Crippen LogP contribution is 2.23. The first-order valence-electron chi connectivity index (χ1n) is 4.83. The number of methoxy groups -OCH3 is 2. The number of benzene rings is 1. The summed E-state index contributed by atoms with van der Waals surface area (Å²) in [4.78, 5) is 22.7. The lowest BCUT2D eigenvalue weighted by Gasteiger charge is -2.10. The van der Waals surface area contributed by atoms with Gasteiger partial charge < -0.3 is 9.47 Å². The lowest BCUT2D eigenvalue weighted by Crippen LogP contribution is -2.10. The van der Waals surface area contributed by atoms with E-state index in [0.717, 1.165) is 0 Å². The number of Topliss-reactive ketones (excluding diaryl/α,β-unsaturated/α-hetero) is 1. The van der Waals surface area contributed by atoms with Crippen LogP contribution in [0.25, 0.3) is 0 Å². The van der Waals surface area contributed by atoms with Crippen molar-refractivity contribution < 1.29 is 19.1 Å². The van der Waals surface area contributed by atoms with E-state index in [1.54, 1.807) is 18.2 Å². The van der Waals surface area contributed by atoms with Crippen molar-refractivity contribution >= 4 is 11.8 Å². The van der Waals surface area contributed by atoms with Gasteiger partial charge in [-0.15, -0.1) is 0 Å². The molecule has 86 valence electrons. The van der Waals surface area contributed by atoms with Gasteiger partial charge in [-0.05, 0) is 18.6 Å². The highest BCUT2D eigenvalue weighted by atomic mass is 16.5. The summed E-state index contributed by atoms with van der Waals surface area (Å²) in [6, 6.07) is 5.15. The van der Waals surface area contributed by atoms with E-state index in [2.05, 4.69) is 4.74 Å². The predicted molar refractivity (Wildman–Crippen MR) is 58.7 cm³/mol. The molecule has 0 aliphatic heterocycles. The molecule has 0 aromatic heterocycles. The zero-order valence-electron chi connectivity index (χ0n) is 9.57. The van der Waals surface area contributed by atoms with Crippen LogP contribution in [-0.4, -0.2) is 26.0 Å². The van der Waals surface area contributed by atoms with Crippen molar-refractivity contribution in [3.63, 3.8) is 0 Å². The van der Waals surface area contributed by atoms with Gasteiger partial charge in [-0.2, -0.15) is 0 Å². The van der Waals surface area contributed by atoms with Gasteiger partial charge in [-0.25, -0.2) is 0 Å². The summed E-state index contributed by atoms with van der Waals surface area (Å²) in [5.74, 6) is -0.0268. The van der Waals surface area contributed by atoms with E-state index in [1.807, 2.05) is 0 Å². The maximum Gasteiger partial charge on any atom is 0.310 e. The fraction of sp³-hybridized carbons (Fsp3) is 0.333. The molecule has 4 nitrogen and oxygen atoms in total. The highest BCUT2D eigenvalue weighted by molar-refractivity contribution is 5.99. The minimum absolute atomic E-state index is 0.0720. The van der Waals surface area contributed by atoms with E-state index < -0.39 is 0 Å². The Labute approximate surface area is 94.2 Å². The number of ketones is 1. The second-order valence-corrected chi connectivity index (χ2v) is 3.30. The molecule has 0 spiro atoms. The van der Waals surface area contributed by atoms with Crippen molar-refractivity contribution in [2.75, 3.05) is 14.2 Å². The van der Waals surface area contributed by atoms with Gasteiger partial charge in [0.1, 0.15) is 5.75 Å².